The minimum absolute atomic E-state index is 0.0549. The number of nitrogens with two attached hydrogens (primary N) is 1. The molecule has 1 aromatic heterocycles. The topological polar surface area (TPSA) is 65.2 Å². The molecule has 2 atom stereocenters. The van der Waals surface area contributed by atoms with Gasteiger partial charge in [-0.2, -0.15) is 0 Å². The molecule has 5 heteroatoms. The molecule has 0 bridgehead atoms. The van der Waals surface area contributed by atoms with Crippen LogP contribution in [-0.2, 0) is 11.3 Å². The predicted molar refractivity (Wildman–Crippen MR) is 66.8 cm³/mol. The van der Waals surface area contributed by atoms with Crippen LogP contribution in [-0.4, -0.2) is 17.1 Å². The monoisotopic (exact) mass is 254 g/mol. The highest BCUT2D eigenvalue weighted by atomic mass is 32.1. The zero-order chi connectivity index (χ0) is 12.3. The van der Waals surface area contributed by atoms with E-state index in [4.69, 9.17) is 10.5 Å². The van der Waals surface area contributed by atoms with Gasteiger partial charge < -0.3 is 10.5 Å². The lowest BCUT2D eigenvalue weighted by molar-refractivity contribution is 0.00427. The van der Waals surface area contributed by atoms with Crippen LogP contribution in [0, 0.1) is 5.92 Å². The Bertz CT molecular complexity index is 392. The second-order valence-electron chi connectivity index (χ2n) is 4.54. The zero-order valence-corrected chi connectivity index (χ0v) is 10.8. The van der Waals surface area contributed by atoms with Crippen molar-refractivity contribution in [3.05, 3.63) is 16.1 Å². The highest BCUT2D eigenvalue weighted by Gasteiger charge is 2.26. The molecule has 1 aromatic rings. The molecule has 0 amide bonds. The molecule has 2 unspecified atom stereocenters. The van der Waals surface area contributed by atoms with Crippen molar-refractivity contribution in [2.45, 2.75) is 45.3 Å². The Morgan fingerprint density at radius 3 is 3.00 bits per heavy atom. The van der Waals surface area contributed by atoms with Crippen LogP contribution in [0.3, 0.4) is 0 Å². The first-order chi connectivity index (χ1) is 8.20. The van der Waals surface area contributed by atoms with Crippen molar-refractivity contribution in [3.8, 4) is 0 Å². The van der Waals surface area contributed by atoms with E-state index >= 15 is 0 Å². The maximum absolute atomic E-state index is 11.9. The van der Waals surface area contributed by atoms with Crippen LogP contribution in [0.25, 0.3) is 0 Å². The summed E-state index contributed by atoms with van der Waals surface area (Å²) in [6.07, 6.45) is 4.56. The van der Waals surface area contributed by atoms with Crippen molar-refractivity contribution in [1.82, 2.24) is 4.98 Å². The van der Waals surface area contributed by atoms with Gasteiger partial charge in [-0.25, -0.2) is 9.78 Å². The Kier molecular flexibility index (Phi) is 4.12. The van der Waals surface area contributed by atoms with E-state index in [0.717, 1.165) is 24.3 Å². The molecule has 1 aliphatic rings. The Morgan fingerprint density at radius 2 is 2.35 bits per heavy atom. The molecule has 94 valence electrons. The van der Waals surface area contributed by atoms with Gasteiger partial charge in [0.1, 0.15) is 11.1 Å². The molecule has 2 rings (SSSR count). The van der Waals surface area contributed by atoms with Crippen LogP contribution in [0.5, 0.6) is 0 Å². The molecule has 0 saturated heterocycles. The number of aromatic nitrogens is 1. The fourth-order valence-electron chi connectivity index (χ4n) is 2.15. The summed E-state index contributed by atoms with van der Waals surface area (Å²) < 4.78 is 5.51. The summed E-state index contributed by atoms with van der Waals surface area (Å²) in [5, 5.41) is 2.49. The number of esters is 1. The summed E-state index contributed by atoms with van der Waals surface area (Å²) in [6, 6.07) is 0. The van der Waals surface area contributed by atoms with Gasteiger partial charge in [0.25, 0.3) is 0 Å². The van der Waals surface area contributed by atoms with Crippen molar-refractivity contribution in [1.29, 1.82) is 0 Å². The second kappa shape index (κ2) is 5.60. The van der Waals surface area contributed by atoms with Gasteiger partial charge in [0.15, 0.2) is 5.69 Å². The number of ether oxygens (including phenoxy) is 1. The third-order valence-electron chi connectivity index (χ3n) is 3.23. The van der Waals surface area contributed by atoms with Gasteiger partial charge in [-0.3, -0.25) is 0 Å². The lowest BCUT2D eigenvalue weighted by atomic mass is 9.88. The molecule has 1 saturated carbocycles. The number of hydrogen-bond donors (Lipinski definition) is 1. The van der Waals surface area contributed by atoms with E-state index < -0.39 is 0 Å². The molecule has 0 radical (unpaired) electrons. The summed E-state index contributed by atoms with van der Waals surface area (Å²) in [5.74, 6) is 0.153. The van der Waals surface area contributed by atoms with Gasteiger partial charge >= 0.3 is 5.97 Å². The molecule has 0 aromatic carbocycles. The van der Waals surface area contributed by atoms with Gasteiger partial charge in [0.2, 0.25) is 0 Å². The summed E-state index contributed by atoms with van der Waals surface area (Å²) >= 11 is 1.40. The fraction of sp³-hybridized carbons (Fsp3) is 0.667. The highest BCUT2D eigenvalue weighted by molar-refractivity contribution is 7.09. The van der Waals surface area contributed by atoms with Crippen LogP contribution < -0.4 is 5.73 Å². The van der Waals surface area contributed by atoms with E-state index in [1.165, 1.54) is 17.8 Å². The minimum Gasteiger partial charge on any atom is -0.457 e. The van der Waals surface area contributed by atoms with Gasteiger partial charge in [0, 0.05) is 11.9 Å². The predicted octanol–water partition coefficient (Wildman–Crippen LogP) is 2.34. The average Bonchev–Trinajstić information content (AvgIpc) is 2.81. The Morgan fingerprint density at radius 1 is 1.59 bits per heavy atom. The van der Waals surface area contributed by atoms with E-state index in [-0.39, 0.29) is 12.1 Å². The van der Waals surface area contributed by atoms with Gasteiger partial charge in [-0.1, -0.05) is 13.3 Å². The van der Waals surface area contributed by atoms with E-state index in [2.05, 4.69) is 11.9 Å². The smallest absolute Gasteiger partial charge is 0.358 e. The normalized spacial score (nSPS) is 24.6. The zero-order valence-electron chi connectivity index (χ0n) is 10.0. The maximum atomic E-state index is 11.9. The van der Waals surface area contributed by atoms with Crippen molar-refractivity contribution >= 4 is 17.3 Å². The Labute approximate surface area is 105 Å². The lowest BCUT2D eigenvalue weighted by Gasteiger charge is -2.28. The third-order valence-corrected chi connectivity index (χ3v) is 4.10. The molecule has 1 heterocycles. The first-order valence-electron chi connectivity index (χ1n) is 6.06. The summed E-state index contributed by atoms with van der Waals surface area (Å²) in [7, 11) is 0. The van der Waals surface area contributed by atoms with E-state index in [1.54, 1.807) is 5.38 Å². The largest absolute Gasteiger partial charge is 0.457 e. The molecule has 1 aliphatic carbocycles. The quantitative estimate of drug-likeness (QED) is 0.841. The van der Waals surface area contributed by atoms with Gasteiger partial charge in [0.05, 0.1) is 0 Å². The molecule has 1 fully saturated rings. The third kappa shape index (κ3) is 3.04. The Hall–Kier alpha value is -0.940. The van der Waals surface area contributed by atoms with Crippen molar-refractivity contribution < 1.29 is 9.53 Å². The SMILES string of the molecule is CC1CCCCC1OC(=O)c1csc(CN)n1. The average molecular weight is 254 g/mol. The standard InChI is InChI=1S/C12H18N2O2S/c1-8-4-2-3-5-10(8)16-12(15)9-7-17-11(6-13)14-9/h7-8,10H,2-6,13H2,1H3. The molecule has 0 spiro atoms. The van der Waals surface area contributed by atoms with E-state index in [0.29, 0.717) is 18.2 Å². The van der Waals surface area contributed by atoms with Crippen LogP contribution in [0.2, 0.25) is 0 Å². The molecule has 2 N–H and O–H groups in total. The van der Waals surface area contributed by atoms with Gasteiger partial charge in [-0.05, 0) is 25.2 Å². The maximum Gasteiger partial charge on any atom is 0.358 e. The number of carbonyl (C=O) groups excluding carboxylic acids is 1. The number of rotatable bonds is 3. The summed E-state index contributed by atoms with van der Waals surface area (Å²) in [5.41, 5.74) is 5.86. The number of hydrogen-bond acceptors (Lipinski definition) is 5. The number of carbonyl (C=O) groups is 1. The van der Waals surface area contributed by atoms with Crippen molar-refractivity contribution in [2.75, 3.05) is 0 Å². The lowest BCUT2D eigenvalue weighted by Crippen LogP contribution is -2.28. The van der Waals surface area contributed by atoms with Crippen LogP contribution >= 0.6 is 11.3 Å². The molecular formula is C12H18N2O2S. The van der Waals surface area contributed by atoms with Crippen LogP contribution in [0.4, 0.5) is 0 Å². The fourth-order valence-corrected chi connectivity index (χ4v) is 2.80. The molecule has 4 nitrogen and oxygen atoms in total. The van der Waals surface area contributed by atoms with Crippen LogP contribution in [0.1, 0.15) is 48.1 Å². The molecular weight excluding hydrogens is 236 g/mol. The highest BCUT2D eigenvalue weighted by Crippen LogP contribution is 2.27. The molecule has 0 aliphatic heterocycles. The Balaban J connectivity index is 1.96. The van der Waals surface area contributed by atoms with E-state index in [1.807, 2.05) is 0 Å². The van der Waals surface area contributed by atoms with E-state index in [9.17, 15) is 4.79 Å². The first kappa shape index (κ1) is 12.5. The summed E-state index contributed by atoms with van der Waals surface area (Å²) in [4.78, 5) is 16.0. The van der Waals surface area contributed by atoms with Crippen LogP contribution in [0.15, 0.2) is 5.38 Å². The van der Waals surface area contributed by atoms with Crippen molar-refractivity contribution in [3.63, 3.8) is 0 Å². The second-order valence-corrected chi connectivity index (χ2v) is 5.48. The minimum atomic E-state index is -0.306. The number of thiazole rings is 1. The number of nitrogens with zero attached hydrogens (tertiary/aromatic N) is 1. The van der Waals surface area contributed by atoms with Gasteiger partial charge in [-0.15, -0.1) is 11.3 Å². The summed E-state index contributed by atoms with van der Waals surface area (Å²) in [6.45, 7) is 2.52. The first-order valence-corrected chi connectivity index (χ1v) is 6.94. The van der Waals surface area contributed by atoms with Crippen molar-refractivity contribution in [2.24, 2.45) is 11.7 Å². The molecule has 17 heavy (non-hydrogen) atoms.